The summed E-state index contributed by atoms with van der Waals surface area (Å²) in [7, 11) is 1.87. The van der Waals surface area contributed by atoms with Crippen LogP contribution in [0.5, 0.6) is 0 Å². The van der Waals surface area contributed by atoms with Gasteiger partial charge >= 0.3 is 12.1 Å². The van der Waals surface area contributed by atoms with Crippen LogP contribution in [0, 0.1) is 11.7 Å². The van der Waals surface area contributed by atoms with E-state index in [-0.39, 0.29) is 35.3 Å². The Morgan fingerprint density at radius 2 is 1.88 bits per heavy atom. The van der Waals surface area contributed by atoms with Gasteiger partial charge < -0.3 is 25.6 Å². The number of amides is 2. The van der Waals surface area contributed by atoms with Crippen molar-refractivity contribution in [2.45, 2.75) is 44.6 Å². The SMILES string of the molecule is CC(NC(=O)C1C[C@H](Cc2ccc(F)c(Cl)c2)CN1)C(=O)NCc1cnc2c(c1)c(Cl)cn2C.O=C(O)C(F)(F)F. The Morgan fingerprint density at radius 3 is 2.51 bits per heavy atom. The summed E-state index contributed by atoms with van der Waals surface area (Å²) in [6, 6.07) is 5.50. The van der Waals surface area contributed by atoms with Crippen LogP contribution >= 0.6 is 23.2 Å². The molecular weight excluding hydrogens is 593 g/mol. The van der Waals surface area contributed by atoms with Gasteiger partial charge in [0, 0.05) is 31.4 Å². The van der Waals surface area contributed by atoms with Gasteiger partial charge in [0.25, 0.3) is 0 Å². The second kappa shape index (κ2) is 13.5. The van der Waals surface area contributed by atoms with E-state index in [0.29, 0.717) is 24.4 Å². The summed E-state index contributed by atoms with van der Waals surface area (Å²) in [4.78, 5) is 38.5. The number of halogens is 6. The number of hydrogen-bond donors (Lipinski definition) is 4. The number of hydrogen-bond acceptors (Lipinski definition) is 5. The zero-order chi connectivity index (χ0) is 30.5. The van der Waals surface area contributed by atoms with Gasteiger partial charge in [-0.15, -0.1) is 0 Å². The van der Waals surface area contributed by atoms with Gasteiger partial charge in [-0.3, -0.25) is 9.59 Å². The Bertz CT molecular complexity index is 1430. The van der Waals surface area contributed by atoms with Crippen LogP contribution in [0.3, 0.4) is 0 Å². The van der Waals surface area contributed by atoms with E-state index >= 15 is 0 Å². The molecule has 1 aliphatic rings. The minimum absolute atomic E-state index is 0.0974. The summed E-state index contributed by atoms with van der Waals surface area (Å²) in [5.41, 5.74) is 2.51. The smallest absolute Gasteiger partial charge is 0.475 e. The molecule has 222 valence electrons. The summed E-state index contributed by atoms with van der Waals surface area (Å²) in [6.45, 7) is 2.58. The predicted molar refractivity (Wildman–Crippen MR) is 144 cm³/mol. The molecule has 3 atom stereocenters. The van der Waals surface area contributed by atoms with Gasteiger partial charge in [0.2, 0.25) is 11.8 Å². The van der Waals surface area contributed by atoms with Crippen molar-refractivity contribution in [1.82, 2.24) is 25.5 Å². The van der Waals surface area contributed by atoms with E-state index in [1.54, 1.807) is 31.5 Å². The van der Waals surface area contributed by atoms with E-state index < -0.39 is 24.0 Å². The molecule has 1 aliphatic heterocycles. The first-order valence-electron chi connectivity index (χ1n) is 12.3. The van der Waals surface area contributed by atoms with E-state index in [4.69, 9.17) is 33.1 Å². The van der Waals surface area contributed by atoms with Gasteiger partial charge in [-0.25, -0.2) is 14.2 Å². The lowest BCUT2D eigenvalue weighted by Gasteiger charge is -2.17. The number of alkyl halides is 3. The minimum Gasteiger partial charge on any atom is -0.475 e. The minimum atomic E-state index is -5.08. The first-order chi connectivity index (χ1) is 19.1. The summed E-state index contributed by atoms with van der Waals surface area (Å²) in [5.74, 6) is -3.49. The molecule has 0 aliphatic carbocycles. The summed E-state index contributed by atoms with van der Waals surface area (Å²) in [6.07, 6.45) is -0.288. The van der Waals surface area contributed by atoms with Gasteiger partial charge in [-0.1, -0.05) is 29.3 Å². The zero-order valence-corrected chi connectivity index (χ0v) is 23.4. The van der Waals surface area contributed by atoms with Crippen LogP contribution in [-0.4, -0.2) is 57.2 Å². The molecule has 3 heterocycles. The highest BCUT2D eigenvalue weighted by Gasteiger charge is 2.38. The number of aryl methyl sites for hydroxylation is 1. The first kappa shape index (κ1) is 32.1. The Hall–Kier alpha value is -3.42. The van der Waals surface area contributed by atoms with Crippen molar-refractivity contribution in [2.24, 2.45) is 13.0 Å². The lowest BCUT2D eigenvalue weighted by molar-refractivity contribution is -0.192. The van der Waals surface area contributed by atoms with Crippen molar-refractivity contribution < 1.29 is 37.1 Å². The van der Waals surface area contributed by atoms with Crippen LogP contribution in [0.2, 0.25) is 10.0 Å². The summed E-state index contributed by atoms with van der Waals surface area (Å²) in [5, 5.41) is 17.5. The maximum atomic E-state index is 13.4. The normalized spacial score (nSPS) is 17.5. The van der Waals surface area contributed by atoms with Crippen molar-refractivity contribution in [3.8, 4) is 0 Å². The highest BCUT2D eigenvalue weighted by atomic mass is 35.5. The highest BCUT2D eigenvalue weighted by Crippen LogP contribution is 2.25. The number of carboxylic acids is 1. The van der Waals surface area contributed by atoms with E-state index in [0.717, 1.165) is 22.2 Å². The number of carboxylic acid groups (broad SMARTS) is 1. The molecule has 0 saturated carbocycles. The highest BCUT2D eigenvalue weighted by molar-refractivity contribution is 6.35. The third-order valence-electron chi connectivity index (χ3n) is 6.33. The maximum Gasteiger partial charge on any atom is 0.490 e. The molecule has 0 spiro atoms. The summed E-state index contributed by atoms with van der Waals surface area (Å²) < 4.78 is 46.9. The molecule has 2 unspecified atom stereocenters. The topological polar surface area (TPSA) is 125 Å². The second-order valence-corrected chi connectivity index (χ2v) is 10.4. The van der Waals surface area contributed by atoms with Crippen LogP contribution in [0.1, 0.15) is 24.5 Å². The fraction of sp³-hybridized carbons (Fsp3) is 0.385. The lowest BCUT2D eigenvalue weighted by Crippen LogP contribution is -2.49. The van der Waals surface area contributed by atoms with Gasteiger partial charge in [-0.2, -0.15) is 13.2 Å². The molecule has 2 amide bonds. The standard InChI is InChI=1S/C24H26Cl2FN5O2.C2HF3O2/c1-13(23(33)30-11-16-6-17-19(26)12-32(2)22(17)29-10-16)31-24(34)21-8-15(9-28-21)5-14-3-4-20(27)18(25)7-14;3-2(4,5)1(6)7/h3-4,6-7,10,12-13,15,21,28H,5,8-9,11H2,1-2H3,(H,30,33)(H,31,34);(H,6,7)/t13?,15-,21?;/m0./s1. The third-order valence-corrected chi connectivity index (χ3v) is 6.92. The Labute approximate surface area is 242 Å². The van der Waals surface area contributed by atoms with Crippen LogP contribution in [0.15, 0.2) is 36.7 Å². The van der Waals surface area contributed by atoms with Crippen LogP contribution < -0.4 is 16.0 Å². The monoisotopic (exact) mass is 619 g/mol. The van der Waals surface area contributed by atoms with Crippen molar-refractivity contribution in [1.29, 1.82) is 0 Å². The predicted octanol–water partition coefficient (Wildman–Crippen LogP) is 3.99. The number of fused-ring (bicyclic) bond motifs is 1. The Balaban J connectivity index is 0.000000587. The molecule has 4 rings (SSSR count). The number of nitrogens with zero attached hydrogens (tertiary/aromatic N) is 2. The number of aliphatic carboxylic acids is 1. The number of nitrogens with one attached hydrogen (secondary N) is 3. The van der Waals surface area contributed by atoms with E-state index in [2.05, 4.69) is 20.9 Å². The molecule has 1 aromatic carbocycles. The van der Waals surface area contributed by atoms with Crippen molar-refractivity contribution in [2.75, 3.05) is 6.54 Å². The second-order valence-electron chi connectivity index (χ2n) is 9.57. The zero-order valence-electron chi connectivity index (χ0n) is 21.9. The average Bonchev–Trinajstić information content (AvgIpc) is 3.48. The van der Waals surface area contributed by atoms with Crippen molar-refractivity contribution in [3.63, 3.8) is 0 Å². The largest absolute Gasteiger partial charge is 0.490 e. The number of aromatic nitrogens is 2. The van der Waals surface area contributed by atoms with E-state index in [1.807, 2.05) is 17.7 Å². The molecule has 1 saturated heterocycles. The molecule has 41 heavy (non-hydrogen) atoms. The van der Waals surface area contributed by atoms with Gasteiger partial charge in [-0.05, 0) is 61.6 Å². The van der Waals surface area contributed by atoms with Gasteiger partial charge in [0.15, 0.2) is 0 Å². The van der Waals surface area contributed by atoms with Crippen LogP contribution in [-0.2, 0) is 34.4 Å². The average molecular weight is 620 g/mol. The van der Waals surface area contributed by atoms with Gasteiger partial charge in [0.1, 0.15) is 17.5 Å². The number of benzene rings is 1. The maximum absolute atomic E-state index is 13.4. The number of carbonyl (C=O) groups excluding carboxylic acids is 2. The molecular formula is C26H27Cl2F4N5O4. The Kier molecular flexibility index (Phi) is 10.6. The molecule has 0 bridgehead atoms. The molecule has 4 N–H and O–H groups in total. The van der Waals surface area contributed by atoms with Gasteiger partial charge in [0.05, 0.1) is 16.1 Å². The third kappa shape index (κ3) is 8.78. The van der Waals surface area contributed by atoms with Crippen LogP contribution in [0.4, 0.5) is 17.6 Å². The molecule has 2 aromatic heterocycles. The number of carbonyl (C=O) groups is 3. The molecule has 1 fully saturated rings. The molecule has 9 nitrogen and oxygen atoms in total. The van der Waals surface area contributed by atoms with Crippen molar-refractivity contribution in [3.05, 3.63) is 63.6 Å². The fourth-order valence-corrected chi connectivity index (χ4v) is 4.73. The van der Waals surface area contributed by atoms with Crippen LogP contribution in [0.25, 0.3) is 11.0 Å². The molecule has 3 aromatic rings. The fourth-order valence-electron chi connectivity index (χ4n) is 4.24. The lowest BCUT2D eigenvalue weighted by atomic mass is 9.96. The van der Waals surface area contributed by atoms with E-state index in [1.165, 1.54) is 6.07 Å². The van der Waals surface area contributed by atoms with Crippen molar-refractivity contribution >= 4 is 52.0 Å². The number of pyridine rings is 1. The molecule has 0 radical (unpaired) electrons. The summed E-state index contributed by atoms with van der Waals surface area (Å²) >= 11 is 12.1. The molecule has 15 heteroatoms. The quantitative estimate of drug-likeness (QED) is 0.296. The van der Waals surface area contributed by atoms with E-state index in [9.17, 15) is 27.2 Å². The number of rotatable bonds is 7. The Morgan fingerprint density at radius 1 is 1.20 bits per heavy atom. The first-order valence-corrected chi connectivity index (χ1v) is 13.1.